The Balaban J connectivity index is 2.13. The molecule has 0 bridgehead atoms. The van der Waals surface area contributed by atoms with E-state index in [9.17, 15) is 4.79 Å². The van der Waals surface area contributed by atoms with Gasteiger partial charge in [0.1, 0.15) is 11.5 Å². The third-order valence-electron chi connectivity index (χ3n) is 4.61. The number of amides is 1. The summed E-state index contributed by atoms with van der Waals surface area (Å²) >= 11 is 6.08. The number of carbonyl (C=O) groups excluding carboxylic acids is 1. The van der Waals surface area contributed by atoms with E-state index in [-0.39, 0.29) is 11.9 Å². The van der Waals surface area contributed by atoms with E-state index in [1.165, 1.54) is 0 Å². The predicted molar refractivity (Wildman–Crippen MR) is 114 cm³/mol. The number of methoxy groups -OCH3 is 1. The van der Waals surface area contributed by atoms with Gasteiger partial charge in [0.05, 0.1) is 13.2 Å². The van der Waals surface area contributed by atoms with E-state index in [2.05, 4.69) is 19.2 Å². The zero-order chi connectivity index (χ0) is 20.7. The molecule has 0 aliphatic heterocycles. The molecule has 1 amide bonds. The van der Waals surface area contributed by atoms with Crippen LogP contribution in [0.15, 0.2) is 42.5 Å². The third-order valence-corrected chi connectivity index (χ3v) is 5.04. The zero-order valence-corrected chi connectivity index (χ0v) is 18.0. The van der Waals surface area contributed by atoms with Crippen molar-refractivity contribution in [3.63, 3.8) is 0 Å². The van der Waals surface area contributed by atoms with Crippen LogP contribution in [0.5, 0.6) is 11.5 Å². The van der Waals surface area contributed by atoms with Crippen LogP contribution in [0.4, 0.5) is 0 Å². The molecular formula is C23H30ClNO3. The van der Waals surface area contributed by atoms with Crippen molar-refractivity contribution in [1.82, 2.24) is 5.32 Å². The van der Waals surface area contributed by atoms with E-state index in [4.69, 9.17) is 21.1 Å². The predicted octanol–water partition coefficient (Wildman–Crippen LogP) is 5.72. The molecule has 2 aromatic rings. The summed E-state index contributed by atoms with van der Waals surface area (Å²) in [6.07, 6.45) is 0.854. The molecule has 152 valence electrons. The highest BCUT2D eigenvalue weighted by atomic mass is 35.5. The second kappa shape index (κ2) is 10.4. The maximum Gasteiger partial charge on any atom is 0.261 e. The van der Waals surface area contributed by atoms with Gasteiger partial charge in [-0.25, -0.2) is 0 Å². The first-order valence-corrected chi connectivity index (χ1v) is 10.1. The highest BCUT2D eigenvalue weighted by molar-refractivity contribution is 6.31. The highest BCUT2D eigenvalue weighted by Crippen LogP contribution is 2.25. The van der Waals surface area contributed by atoms with Crippen LogP contribution in [0.25, 0.3) is 0 Å². The van der Waals surface area contributed by atoms with Crippen LogP contribution in [0.3, 0.4) is 0 Å². The Morgan fingerprint density at radius 2 is 1.75 bits per heavy atom. The van der Waals surface area contributed by atoms with Crippen molar-refractivity contribution in [2.45, 2.75) is 52.7 Å². The lowest BCUT2D eigenvalue weighted by molar-refractivity contribution is -0.129. The fraction of sp³-hybridized carbons (Fsp3) is 0.435. The first-order valence-electron chi connectivity index (χ1n) is 9.71. The maximum atomic E-state index is 12.9. The SMILES string of the molecule is CCC(Oc1ccc(Cl)c(C)c1)C(=O)NC(CC(C)C)c1ccc(OC)cc1. The fourth-order valence-electron chi connectivity index (χ4n) is 3.03. The van der Waals surface area contributed by atoms with Crippen molar-refractivity contribution < 1.29 is 14.3 Å². The summed E-state index contributed by atoms with van der Waals surface area (Å²) in [4.78, 5) is 12.9. The molecule has 0 saturated heterocycles. The van der Waals surface area contributed by atoms with Crippen LogP contribution in [-0.2, 0) is 4.79 Å². The molecule has 0 aliphatic rings. The van der Waals surface area contributed by atoms with E-state index in [0.717, 1.165) is 23.3 Å². The Kier molecular flexibility index (Phi) is 8.18. The number of aryl methyl sites for hydroxylation is 1. The van der Waals surface area contributed by atoms with Crippen molar-refractivity contribution >= 4 is 17.5 Å². The van der Waals surface area contributed by atoms with Gasteiger partial charge in [-0.2, -0.15) is 0 Å². The molecule has 0 saturated carbocycles. The van der Waals surface area contributed by atoms with Crippen molar-refractivity contribution in [3.05, 3.63) is 58.6 Å². The van der Waals surface area contributed by atoms with Gasteiger partial charge in [-0.05, 0) is 67.1 Å². The highest BCUT2D eigenvalue weighted by Gasteiger charge is 2.23. The zero-order valence-electron chi connectivity index (χ0n) is 17.3. The molecule has 5 heteroatoms. The number of halogens is 1. The standard InChI is InChI=1S/C23H30ClNO3/c1-6-22(28-19-11-12-20(24)16(4)14-19)23(26)25-21(13-15(2)3)17-7-9-18(27-5)10-8-17/h7-12,14-15,21-22H,6,13H2,1-5H3,(H,25,26). The summed E-state index contributed by atoms with van der Waals surface area (Å²) in [5.41, 5.74) is 1.98. The Labute approximate surface area is 173 Å². The van der Waals surface area contributed by atoms with E-state index >= 15 is 0 Å². The lowest BCUT2D eigenvalue weighted by Gasteiger charge is -2.25. The Morgan fingerprint density at radius 1 is 1.11 bits per heavy atom. The molecule has 2 atom stereocenters. The summed E-state index contributed by atoms with van der Waals surface area (Å²) in [6.45, 7) is 8.15. The molecule has 0 spiro atoms. The summed E-state index contributed by atoms with van der Waals surface area (Å²) in [5, 5.41) is 3.85. The smallest absolute Gasteiger partial charge is 0.261 e. The van der Waals surface area contributed by atoms with Crippen LogP contribution >= 0.6 is 11.6 Å². The second-order valence-electron chi connectivity index (χ2n) is 7.39. The molecule has 4 nitrogen and oxygen atoms in total. The van der Waals surface area contributed by atoms with Gasteiger partial charge in [0.2, 0.25) is 0 Å². The number of nitrogens with one attached hydrogen (secondary N) is 1. The van der Waals surface area contributed by atoms with Gasteiger partial charge >= 0.3 is 0 Å². The monoisotopic (exact) mass is 403 g/mol. The van der Waals surface area contributed by atoms with Gasteiger partial charge in [0.15, 0.2) is 6.10 Å². The second-order valence-corrected chi connectivity index (χ2v) is 7.80. The molecule has 28 heavy (non-hydrogen) atoms. The number of hydrogen-bond acceptors (Lipinski definition) is 3. The van der Waals surface area contributed by atoms with Crippen molar-refractivity contribution in [2.75, 3.05) is 7.11 Å². The van der Waals surface area contributed by atoms with Crippen LogP contribution in [0.2, 0.25) is 5.02 Å². The summed E-state index contributed by atoms with van der Waals surface area (Å²) in [7, 11) is 1.64. The van der Waals surface area contributed by atoms with Crippen LogP contribution in [-0.4, -0.2) is 19.1 Å². The Morgan fingerprint density at radius 3 is 2.29 bits per heavy atom. The van der Waals surface area contributed by atoms with Crippen molar-refractivity contribution in [2.24, 2.45) is 5.92 Å². The van der Waals surface area contributed by atoms with Gasteiger partial charge in [-0.3, -0.25) is 4.79 Å². The van der Waals surface area contributed by atoms with E-state index in [1.807, 2.05) is 44.2 Å². The van der Waals surface area contributed by atoms with Crippen LogP contribution < -0.4 is 14.8 Å². The largest absolute Gasteiger partial charge is 0.497 e. The normalized spacial score (nSPS) is 13.1. The fourth-order valence-corrected chi connectivity index (χ4v) is 3.15. The lowest BCUT2D eigenvalue weighted by atomic mass is 9.96. The van der Waals surface area contributed by atoms with Crippen molar-refractivity contribution in [3.8, 4) is 11.5 Å². The number of carbonyl (C=O) groups is 1. The minimum atomic E-state index is -0.562. The molecule has 2 unspecified atom stereocenters. The first-order chi connectivity index (χ1) is 13.3. The molecule has 2 aromatic carbocycles. The number of benzene rings is 2. The van der Waals surface area contributed by atoms with Crippen LogP contribution in [0.1, 0.15) is 50.8 Å². The van der Waals surface area contributed by atoms with Crippen molar-refractivity contribution in [1.29, 1.82) is 0 Å². The Bertz CT molecular complexity index is 774. The molecule has 0 aromatic heterocycles. The minimum Gasteiger partial charge on any atom is -0.497 e. The first kappa shape index (κ1) is 22.1. The van der Waals surface area contributed by atoms with Gasteiger partial charge < -0.3 is 14.8 Å². The summed E-state index contributed by atoms with van der Waals surface area (Å²) in [6, 6.07) is 13.2. The summed E-state index contributed by atoms with van der Waals surface area (Å²) < 4.78 is 11.2. The van der Waals surface area contributed by atoms with Gasteiger partial charge in [-0.15, -0.1) is 0 Å². The topological polar surface area (TPSA) is 47.6 Å². The molecule has 2 rings (SSSR count). The number of rotatable bonds is 9. The third kappa shape index (κ3) is 6.16. The molecule has 0 radical (unpaired) electrons. The molecule has 1 N–H and O–H groups in total. The van der Waals surface area contributed by atoms with Gasteiger partial charge in [0.25, 0.3) is 5.91 Å². The summed E-state index contributed by atoms with van der Waals surface area (Å²) in [5.74, 6) is 1.77. The molecule has 0 aliphatic carbocycles. The Hall–Kier alpha value is -2.20. The number of ether oxygens (including phenoxy) is 2. The number of hydrogen-bond donors (Lipinski definition) is 1. The quantitative estimate of drug-likeness (QED) is 0.582. The maximum absolute atomic E-state index is 12.9. The average Bonchev–Trinajstić information content (AvgIpc) is 2.67. The van der Waals surface area contributed by atoms with Crippen LogP contribution in [0, 0.1) is 12.8 Å². The lowest BCUT2D eigenvalue weighted by Crippen LogP contribution is -2.40. The molecular weight excluding hydrogens is 374 g/mol. The molecule has 0 fully saturated rings. The molecule has 0 heterocycles. The van der Waals surface area contributed by atoms with E-state index in [1.54, 1.807) is 19.2 Å². The van der Waals surface area contributed by atoms with E-state index < -0.39 is 6.10 Å². The van der Waals surface area contributed by atoms with Gasteiger partial charge in [0, 0.05) is 5.02 Å². The van der Waals surface area contributed by atoms with E-state index in [0.29, 0.717) is 23.1 Å². The minimum absolute atomic E-state index is 0.0805. The van der Waals surface area contributed by atoms with Gasteiger partial charge in [-0.1, -0.05) is 44.5 Å². The average molecular weight is 404 g/mol.